The number of hydrogen-bond acceptors (Lipinski definition) is 2. The largest absolute Gasteiger partial charge is 0.384 e. The molecule has 19 heavy (non-hydrogen) atoms. The van der Waals surface area contributed by atoms with E-state index in [2.05, 4.69) is 25.7 Å². The molecule has 0 aromatic heterocycles. The Labute approximate surface area is 115 Å². The molecule has 4 heteroatoms. The molecule has 0 saturated carbocycles. The molecule has 0 atom stereocenters. The average Bonchev–Trinajstić information content (AvgIpc) is 2.33. The van der Waals surface area contributed by atoms with E-state index in [4.69, 9.17) is 11.1 Å². The molecule has 3 N–H and O–H groups in total. The predicted octanol–water partition coefficient (Wildman–Crippen LogP) is 3.51. The molecule has 1 rings (SSSR count). The summed E-state index contributed by atoms with van der Waals surface area (Å²) in [7, 11) is 0. The third kappa shape index (κ3) is 3.94. The summed E-state index contributed by atoms with van der Waals surface area (Å²) in [6.07, 6.45) is 3.35. The number of benzene rings is 1. The molecule has 0 radical (unpaired) electrons. The Bertz CT molecular complexity index is 429. The summed E-state index contributed by atoms with van der Waals surface area (Å²) in [6.45, 7) is 7.15. The van der Waals surface area contributed by atoms with E-state index in [0.29, 0.717) is 0 Å². The second kappa shape index (κ2) is 7.12. The Kier molecular flexibility index (Phi) is 5.80. The summed E-state index contributed by atoms with van der Waals surface area (Å²) in [5.41, 5.74) is 6.46. The van der Waals surface area contributed by atoms with Gasteiger partial charge in [0, 0.05) is 12.6 Å². The van der Waals surface area contributed by atoms with Gasteiger partial charge in [-0.2, -0.15) is 0 Å². The number of hydrogen-bond donors (Lipinski definition) is 2. The van der Waals surface area contributed by atoms with E-state index in [-0.39, 0.29) is 17.4 Å². The third-order valence-corrected chi connectivity index (χ3v) is 3.20. The number of rotatable bonds is 7. The van der Waals surface area contributed by atoms with Crippen molar-refractivity contribution in [3.63, 3.8) is 0 Å². The van der Waals surface area contributed by atoms with E-state index >= 15 is 0 Å². The van der Waals surface area contributed by atoms with Crippen molar-refractivity contribution in [2.45, 2.75) is 46.1 Å². The molecular weight excluding hydrogens is 241 g/mol. The number of nitrogen functional groups attached to an aromatic ring is 1. The number of nitrogens with one attached hydrogen (secondary N) is 1. The van der Waals surface area contributed by atoms with Crippen LogP contribution >= 0.6 is 0 Å². The van der Waals surface area contributed by atoms with Crippen molar-refractivity contribution in [1.82, 2.24) is 0 Å². The topological polar surface area (TPSA) is 53.1 Å². The molecule has 0 aliphatic rings. The van der Waals surface area contributed by atoms with Crippen molar-refractivity contribution in [1.29, 1.82) is 5.41 Å². The summed E-state index contributed by atoms with van der Waals surface area (Å²) >= 11 is 0. The van der Waals surface area contributed by atoms with Gasteiger partial charge in [0.05, 0.1) is 11.3 Å². The Hall–Kier alpha value is -1.58. The molecule has 0 aliphatic carbocycles. The zero-order valence-electron chi connectivity index (χ0n) is 12.0. The van der Waals surface area contributed by atoms with Gasteiger partial charge >= 0.3 is 0 Å². The molecule has 0 saturated heterocycles. The molecule has 0 amide bonds. The first-order valence-electron chi connectivity index (χ1n) is 6.88. The molecule has 0 heterocycles. The minimum atomic E-state index is -0.425. The van der Waals surface area contributed by atoms with Crippen LogP contribution in [0.15, 0.2) is 18.2 Å². The summed E-state index contributed by atoms with van der Waals surface area (Å²) in [5, 5.41) is 7.58. The Morgan fingerprint density at radius 2 is 2.05 bits per heavy atom. The maximum absolute atomic E-state index is 13.9. The number of nitrogens with zero attached hydrogens (tertiary/aromatic N) is 1. The van der Waals surface area contributed by atoms with Gasteiger partial charge in [0.15, 0.2) is 0 Å². The average molecular weight is 265 g/mol. The number of anilines is 1. The van der Waals surface area contributed by atoms with Crippen molar-refractivity contribution in [2.75, 3.05) is 11.4 Å². The van der Waals surface area contributed by atoms with Crippen LogP contribution in [0.3, 0.4) is 0 Å². The molecule has 1 aromatic carbocycles. The fourth-order valence-corrected chi connectivity index (χ4v) is 2.21. The van der Waals surface area contributed by atoms with Crippen LogP contribution in [0.1, 0.15) is 45.6 Å². The van der Waals surface area contributed by atoms with Gasteiger partial charge in [-0.25, -0.2) is 4.39 Å². The maximum Gasteiger partial charge on any atom is 0.136 e. The van der Waals surface area contributed by atoms with E-state index in [9.17, 15) is 4.39 Å². The number of nitrogens with two attached hydrogens (primary N) is 1. The standard InChI is InChI=1S/C15H24FN3/c1-4-5-6-10-19(11(2)3)13-9-7-8-12(16)14(13)15(17)18/h7-9,11H,4-6,10H2,1-3H3,(H3,17,18). The van der Waals surface area contributed by atoms with E-state index < -0.39 is 5.82 Å². The van der Waals surface area contributed by atoms with E-state index in [1.165, 1.54) is 6.07 Å². The van der Waals surface area contributed by atoms with Gasteiger partial charge in [-0.1, -0.05) is 25.8 Å². The molecule has 1 aromatic rings. The second-order valence-corrected chi connectivity index (χ2v) is 5.04. The van der Waals surface area contributed by atoms with Gasteiger partial charge < -0.3 is 10.6 Å². The van der Waals surface area contributed by atoms with Crippen LogP contribution in [0.5, 0.6) is 0 Å². The minimum Gasteiger partial charge on any atom is -0.384 e. The highest BCUT2D eigenvalue weighted by Crippen LogP contribution is 2.25. The molecule has 106 valence electrons. The van der Waals surface area contributed by atoms with Crippen LogP contribution in [0.4, 0.5) is 10.1 Å². The molecule has 0 aliphatic heterocycles. The van der Waals surface area contributed by atoms with Gasteiger partial charge in [0.25, 0.3) is 0 Å². The smallest absolute Gasteiger partial charge is 0.136 e. The number of unbranched alkanes of at least 4 members (excludes halogenated alkanes) is 2. The van der Waals surface area contributed by atoms with Crippen LogP contribution < -0.4 is 10.6 Å². The molecular formula is C15H24FN3. The molecule has 3 nitrogen and oxygen atoms in total. The van der Waals surface area contributed by atoms with Gasteiger partial charge in [-0.3, -0.25) is 5.41 Å². The first kappa shape index (κ1) is 15.5. The van der Waals surface area contributed by atoms with E-state index in [1.807, 2.05) is 6.07 Å². The molecule has 0 unspecified atom stereocenters. The van der Waals surface area contributed by atoms with Gasteiger partial charge in [-0.05, 0) is 32.4 Å². The quantitative estimate of drug-likeness (QED) is 0.450. The van der Waals surface area contributed by atoms with Crippen molar-refractivity contribution < 1.29 is 4.39 Å². The van der Waals surface area contributed by atoms with Crippen LogP contribution in [-0.4, -0.2) is 18.4 Å². The lowest BCUT2D eigenvalue weighted by atomic mass is 10.1. The highest BCUT2D eigenvalue weighted by Gasteiger charge is 2.18. The first-order valence-corrected chi connectivity index (χ1v) is 6.88. The highest BCUT2D eigenvalue weighted by molar-refractivity contribution is 6.00. The van der Waals surface area contributed by atoms with Crippen molar-refractivity contribution >= 4 is 11.5 Å². The summed E-state index contributed by atoms with van der Waals surface area (Å²) in [5.74, 6) is -0.639. The van der Waals surface area contributed by atoms with Crippen LogP contribution in [0.2, 0.25) is 0 Å². The van der Waals surface area contributed by atoms with Crippen LogP contribution in [-0.2, 0) is 0 Å². The van der Waals surface area contributed by atoms with Gasteiger partial charge in [0.2, 0.25) is 0 Å². The number of halogens is 1. The lowest BCUT2D eigenvalue weighted by Gasteiger charge is -2.31. The maximum atomic E-state index is 13.9. The van der Waals surface area contributed by atoms with Crippen molar-refractivity contribution in [3.8, 4) is 0 Å². The number of amidine groups is 1. The lowest BCUT2D eigenvalue weighted by Crippen LogP contribution is -2.34. The fourth-order valence-electron chi connectivity index (χ4n) is 2.21. The molecule has 0 fully saturated rings. The first-order chi connectivity index (χ1) is 8.99. The monoisotopic (exact) mass is 265 g/mol. The van der Waals surface area contributed by atoms with E-state index in [1.54, 1.807) is 6.07 Å². The van der Waals surface area contributed by atoms with Gasteiger partial charge in [-0.15, -0.1) is 0 Å². The summed E-state index contributed by atoms with van der Waals surface area (Å²) in [6, 6.07) is 5.11. The summed E-state index contributed by atoms with van der Waals surface area (Å²) in [4.78, 5) is 2.12. The SMILES string of the molecule is CCCCCN(c1cccc(F)c1C(=N)N)C(C)C. The Morgan fingerprint density at radius 3 is 2.58 bits per heavy atom. The van der Waals surface area contributed by atoms with Gasteiger partial charge in [0.1, 0.15) is 11.7 Å². The van der Waals surface area contributed by atoms with Crippen LogP contribution in [0, 0.1) is 11.2 Å². The zero-order valence-corrected chi connectivity index (χ0v) is 12.0. The highest BCUT2D eigenvalue weighted by atomic mass is 19.1. The molecule has 0 spiro atoms. The molecule has 0 bridgehead atoms. The summed E-state index contributed by atoms with van der Waals surface area (Å²) < 4.78 is 13.9. The third-order valence-electron chi connectivity index (χ3n) is 3.20. The Morgan fingerprint density at radius 1 is 1.37 bits per heavy atom. The van der Waals surface area contributed by atoms with Crippen LogP contribution in [0.25, 0.3) is 0 Å². The second-order valence-electron chi connectivity index (χ2n) is 5.04. The fraction of sp³-hybridized carbons (Fsp3) is 0.533. The van der Waals surface area contributed by atoms with Crippen molar-refractivity contribution in [2.24, 2.45) is 5.73 Å². The predicted molar refractivity (Wildman–Crippen MR) is 79.4 cm³/mol. The lowest BCUT2D eigenvalue weighted by molar-refractivity contribution is 0.608. The zero-order chi connectivity index (χ0) is 14.4. The minimum absolute atomic E-state index is 0.214. The normalized spacial score (nSPS) is 10.8. The van der Waals surface area contributed by atoms with E-state index in [0.717, 1.165) is 31.5 Å². The van der Waals surface area contributed by atoms with Crippen molar-refractivity contribution in [3.05, 3.63) is 29.6 Å². The Balaban J connectivity index is 3.08.